The van der Waals surface area contributed by atoms with Crippen LogP contribution in [0.5, 0.6) is 0 Å². The molecular weight excluding hydrogens is 292 g/mol. The summed E-state index contributed by atoms with van der Waals surface area (Å²) in [6.07, 6.45) is 4.11. The molecule has 0 aromatic heterocycles. The standard InChI is InChI=1S/C15H23BrO2/c1-9(8-16)11-7-15(3)10(2)5-4-6-12(15)14(18)13(11)17/h9-12H,4-8H2,1-3H3. The Labute approximate surface area is 118 Å². The third kappa shape index (κ3) is 2.09. The molecule has 0 saturated heterocycles. The van der Waals surface area contributed by atoms with Gasteiger partial charge in [0, 0.05) is 17.2 Å². The Morgan fingerprint density at radius 2 is 2.00 bits per heavy atom. The average molecular weight is 315 g/mol. The predicted octanol–water partition coefficient (Wildman–Crippen LogP) is 3.62. The summed E-state index contributed by atoms with van der Waals surface area (Å²) >= 11 is 3.45. The number of carbonyl (C=O) groups excluding carboxylic acids is 2. The fourth-order valence-electron chi connectivity index (χ4n) is 3.89. The molecule has 2 aliphatic rings. The second-order valence-electron chi connectivity index (χ2n) is 6.56. The lowest BCUT2D eigenvalue weighted by Crippen LogP contribution is -2.53. The summed E-state index contributed by atoms with van der Waals surface area (Å²) in [4.78, 5) is 24.6. The first kappa shape index (κ1) is 14.2. The summed E-state index contributed by atoms with van der Waals surface area (Å²) in [5.41, 5.74) is 0.0460. The smallest absolute Gasteiger partial charge is 0.202 e. The van der Waals surface area contributed by atoms with E-state index in [1.165, 1.54) is 6.42 Å². The van der Waals surface area contributed by atoms with Gasteiger partial charge in [-0.2, -0.15) is 0 Å². The van der Waals surface area contributed by atoms with E-state index in [2.05, 4.69) is 36.7 Å². The number of hydrogen-bond donors (Lipinski definition) is 0. The highest BCUT2D eigenvalue weighted by Gasteiger charge is 2.54. The number of carbonyl (C=O) groups is 2. The van der Waals surface area contributed by atoms with Crippen molar-refractivity contribution in [3.05, 3.63) is 0 Å². The molecule has 5 unspecified atom stereocenters. The first-order valence-corrected chi connectivity index (χ1v) is 8.18. The molecule has 3 heteroatoms. The number of fused-ring (bicyclic) bond motifs is 1. The molecule has 0 bridgehead atoms. The number of alkyl halides is 1. The zero-order valence-electron chi connectivity index (χ0n) is 11.5. The lowest BCUT2D eigenvalue weighted by Gasteiger charge is -2.50. The van der Waals surface area contributed by atoms with Crippen LogP contribution >= 0.6 is 15.9 Å². The summed E-state index contributed by atoms with van der Waals surface area (Å²) < 4.78 is 0. The van der Waals surface area contributed by atoms with E-state index in [9.17, 15) is 9.59 Å². The van der Waals surface area contributed by atoms with Gasteiger partial charge in [-0.15, -0.1) is 0 Å². The number of Topliss-reactive ketones (excluding diaryl/α,β-unsaturated/α-hetero) is 2. The Morgan fingerprint density at radius 1 is 1.33 bits per heavy atom. The van der Waals surface area contributed by atoms with Crippen LogP contribution in [0, 0.1) is 29.1 Å². The minimum absolute atomic E-state index is 0.00692. The third-order valence-corrected chi connectivity index (χ3v) is 6.56. The normalized spacial score (nSPS) is 42.6. The van der Waals surface area contributed by atoms with Crippen molar-refractivity contribution in [1.29, 1.82) is 0 Å². The molecule has 2 nitrogen and oxygen atoms in total. The molecule has 0 heterocycles. The van der Waals surface area contributed by atoms with Crippen LogP contribution in [0.3, 0.4) is 0 Å². The molecule has 2 aliphatic carbocycles. The Kier molecular flexibility index (Phi) is 4.01. The summed E-state index contributed by atoms with van der Waals surface area (Å²) in [6.45, 7) is 6.56. The van der Waals surface area contributed by atoms with Crippen molar-refractivity contribution in [2.24, 2.45) is 29.1 Å². The number of ketones is 2. The van der Waals surface area contributed by atoms with Gasteiger partial charge in [0.1, 0.15) is 0 Å². The summed E-state index contributed by atoms with van der Waals surface area (Å²) in [6, 6.07) is 0. The molecule has 2 saturated carbocycles. The van der Waals surface area contributed by atoms with Crippen molar-refractivity contribution in [2.45, 2.75) is 46.5 Å². The van der Waals surface area contributed by atoms with Gasteiger partial charge >= 0.3 is 0 Å². The topological polar surface area (TPSA) is 34.1 Å². The zero-order valence-corrected chi connectivity index (χ0v) is 13.1. The number of hydrogen-bond acceptors (Lipinski definition) is 2. The Balaban J connectivity index is 2.32. The second kappa shape index (κ2) is 5.07. The van der Waals surface area contributed by atoms with Crippen LogP contribution in [0.25, 0.3) is 0 Å². The molecule has 5 atom stereocenters. The van der Waals surface area contributed by atoms with Gasteiger partial charge in [0.25, 0.3) is 0 Å². The first-order chi connectivity index (χ1) is 8.41. The van der Waals surface area contributed by atoms with Crippen LogP contribution in [0.1, 0.15) is 46.5 Å². The molecule has 0 amide bonds. The predicted molar refractivity (Wildman–Crippen MR) is 75.7 cm³/mol. The fourth-order valence-corrected chi connectivity index (χ4v) is 4.34. The van der Waals surface area contributed by atoms with Crippen molar-refractivity contribution < 1.29 is 9.59 Å². The largest absolute Gasteiger partial charge is 0.291 e. The highest BCUT2D eigenvalue weighted by atomic mass is 79.9. The Morgan fingerprint density at radius 3 is 2.61 bits per heavy atom. The third-order valence-electron chi connectivity index (χ3n) is 5.54. The molecule has 0 aliphatic heterocycles. The Bertz CT molecular complexity index is 366. The van der Waals surface area contributed by atoms with Gasteiger partial charge in [-0.3, -0.25) is 9.59 Å². The van der Waals surface area contributed by atoms with Crippen molar-refractivity contribution in [1.82, 2.24) is 0 Å². The first-order valence-electron chi connectivity index (χ1n) is 7.05. The average Bonchev–Trinajstić information content (AvgIpc) is 2.35. The van der Waals surface area contributed by atoms with Crippen molar-refractivity contribution in [2.75, 3.05) is 5.33 Å². The van der Waals surface area contributed by atoms with Gasteiger partial charge in [0.15, 0.2) is 0 Å². The highest BCUT2D eigenvalue weighted by molar-refractivity contribution is 9.09. The molecule has 0 N–H and O–H groups in total. The maximum Gasteiger partial charge on any atom is 0.202 e. The van der Waals surface area contributed by atoms with Crippen LogP contribution in [0.15, 0.2) is 0 Å². The lowest BCUT2D eigenvalue weighted by molar-refractivity contribution is -0.154. The van der Waals surface area contributed by atoms with E-state index >= 15 is 0 Å². The highest BCUT2D eigenvalue weighted by Crippen LogP contribution is 2.53. The molecular formula is C15H23BrO2. The molecule has 2 rings (SSSR count). The zero-order chi connectivity index (χ0) is 13.5. The van der Waals surface area contributed by atoms with Gasteiger partial charge in [-0.05, 0) is 30.1 Å². The summed E-state index contributed by atoms with van der Waals surface area (Å²) in [5.74, 6) is 0.560. The van der Waals surface area contributed by atoms with E-state index in [4.69, 9.17) is 0 Å². The molecule has 18 heavy (non-hydrogen) atoms. The van der Waals surface area contributed by atoms with E-state index in [1.54, 1.807) is 0 Å². The van der Waals surface area contributed by atoms with Crippen molar-refractivity contribution in [3.63, 3.8) is 0 Å². The maximum atomic E-state index is 12.4. The monoisotopic (exact) mass is 314 g/mol. The van der Waals surface area contributed by atoms with E-state index in [0.717, 1.165) is 24.6 Å². The van der Waals surface area contributed by atoms with Crippen molar-refractivity contribution >= 4 is 27.5 Å². The molecule has 0 spiro atoms. The molecule has 102 valence electrons. The minimum atomic E-state index is -0.0986. The fraction of sp³-hybridized carbons (Fsp3) is 0.867. The summed E-state index contributed by atoms with van der Waals surface area (Å²) in [5, 5.41) is 0.797. The molecule has 0 aromatic carbocycles. The van der Waals surface area contributed by atoms with E-state index < -0.39 is 0 Å². The van der Waals surface area contributed by atoms with Crippen LogP contribution in [0.2, 0.25) is 0 Å². The molecule has 2 fully saturated rings. The van der Waals surface area contributed by atoms with E-state index in [-0.39, 0.29) is 34.7 Å². The quantitative estimate of drug-likeness (QED) is 0.576. The van der Waals surface area contributed by atoms with Crippen LogP contribution < -0.4 is 0 Å². The van der Waals surface area contributed by atoms with Gasteiger partial charge < -0.3 is 0 Å². The number of rotatable bonds is 2. The molecule has 0 aromatic rings. The lowest BCUT2D eigenvalue weighted by atomic mass is 9.52. The van der Waals surface area contributed by atoms with Gasteiger partial charge in [-0.1, -0.05) is 49.5 Å². The summed E-state index contributed by atoms with van der Waals surface area (Å²) in [7, 11) is 0. The maximum absolute atomic E-state index is 12.4. The van der Waals surface area contributed by atoms with E-state index in [1.807, 2.05) is 0 Å². The SMILES string of the molecule is CC(CBr)C1CC2(C)C(C)CCCC2C(=O)C1=O. The Hall–Kier alpha value is -0.180. The number of halogens is 1. The van der Waals surface area contributed by atoms with Crippen LogP contribution in [-0.4, -0.2) is 16.9 Å². The van der Waals surface area contributed by atoms with Crippen molar-refractivity contribution in [3.8, 4) is 0 Å². The minimum Gasteiger partial charge on any atom is -0.291 e. The van der Waals surface area contributed by atoms with Crippen LogP contribution in [0.4, 0.5) is 0 Å². The molecule has 0 radical (unpaired) electrons. The van der Waals surface area contributed by atoms with E-state index in [0.29, 0.717) is 5.92 Å². The second-order valence-corrected chi connectivity index (χ2v) is 7.21. The van der Waals surface area contributed by atoms with Gasteiger partial charge in [-0.25, -0.2) is 0 Å². The van der Waals surface area contributed by atoms with Crippen LogP contribution in [-0.2, 0) is 9.59 Å². The van der Waals surface area contributed by atoms with Gasteiger partial charge in [0.05, 0.1) is 0 Å². The van der Waals surface area contributed by atoms with Gasteiger partial charge in [0.2, 0.25) is 11.6 Å².